The molecule has 1 aromatic carbocycles. The summed E-state index contributed by atoms with van der Waals surface area (Å²) in [6, 6.07) is 12.6. The maximum absolute atomic E-state index is 10.8. The van der Waals surface area contributed by atoms with Crippen molar-refractivity contribution in [3.05, 3.63) is 46.8 Å². The zero-order valence-corrected chi connectivity index (χ0v) is 15.0. The van der Waals surface area contributed by atoms with Gasteiger partial charge in [0.1, 0.15) is 6.29 Å². The fourth-order valence-electron chi connectivity index (χ4n) is 2.10. The van der Waals surface area contributed by atoms with Crippen LogP contribution in [0.25, 0.3) is 10.4 Å². The van der Waals surface area contributed by atoms with Gasteiger partial charge in [0.25, 0.3) is 0 Å². The number of rotatable bonds is 5. The van der Waals surface area contributed by atoms with Crippen molar-refractivity contribution < 1.29 is 4.79 Å². The molecule has 1 N–H and O–H groups in total. The van der Waals surface area contributed by atoms with Crippen molar-refractivity contribution in [1.29, 1.82) is 0 Å². The third-order valence-corrected chi connectivity index (χ3v) is 4.06. The monoisotopic (exact) mass is 317 g/mol. The minimum absolute atomic E-state index is 0.0844. The maximum Gasteiger partial charge on any atom is 0.121 e. The Labute approximate surface area is 138 Å². The Morgan fingerprint density at radius 1 is 1.14 bits per heavy atom. The van der Waals surface area contributed by atoms with E-state index in [2.05, 4.69) is 57.3 Å². The molecule has 2 nitrogen and oxygen atoms in total. The summed E-state index contributed by atoms with van der Waals surface area (Å²) in [6.45, 7) is 8.61. The number of aryl methyl sites for hydroxylation is 1. The summed E-state index contributed by atoms with van der Waals surface area (Å²) in [5.41, 5.74) is 2.41. The Bertz CT molecular complexity index is 572. The van der Waals surface area contributed by atoms with Gasteiger partial charge in [0, 0.05) is 22.2 Å². The van der Waals surface area contributed by atoms with Crippen molar-refractivity contribution in [2.75, 3.05) is 7.05 Å². The highest BCUT2D eigenvalue weighted by Crippen LogP contribution is 2.33. The lowest BCUT2D eigenvalue weighted by atomic mass is 9.97. The number of thiophene rings is 1. The average molecular weight is 317 g/mol. The van der Waals surface area contributed by atoms with Crippen LogP contribution in [0.1, 0.15) is 43.7 Å². The largest absolute Gasteiger partial charge is 0.313 e. The fraction of sp³-hybridized carbons (Fsp3) is 0.421. The highest BCUT2D eigenvalue weighted by molar-refractivity contribution is 7.15. The molecule has 3 heteroatoms. The molecular formula is C19H27NOS. The van der Waals surface area contributed by atoms with E-state index >= 15 is 0 Å². The van der Waals surface area contributed by atoms with Gasteiger partial charge in [-0.05, 0) is 43.1 Å². The molecule has 22 heavy (non-hydrogen) atoms. The van der Waals surface area contributed by atoms with Crippen LogP contribution < -0.4 is 5.32 Å². The SMILES string of the molecule is CC(C)C.CNC(CC=O)c1ccccc1-c1ccc(C)s1. The predicted molar refractivity (Wildman–Crippen MR) is 97.5 cm³/mol. The van der Waals surface area contributed by atoms with E-state index in [1.807, 2.05) is 19.2 Å². The van der Waals surface area contributed by atoms with Gasteiger partial charge in [0.05, 0.1) is 0 Å². The Balaban J connectivity index is 0.000000541. The van der Waals surface area contributed by atoms with E-state index in [1.165, 1.54) is 20.9 Å². The van der Waals surface area contributed by atoms with Crippen LogP contribution in [0.3, 0.4) is 0 Å². The molecule has 0 spiro atoms. The summed E-state index contributed by atoms with van der Waals surface area (Å²) < 4.78 is 0. The van der Waals surface area contributed by atoms with Crippen molar-refractivity contribution in [2.45, 2.75) is 40.2 Å². The second-order valence-electron chi connectivity index (χ2n) is 5.97. The van der Waals surface area contributed by atoms with E-state index < -0.39 is 0 Å². The molecule has 1 unspecified atom stereocenters. The number of hydrogen-bond donors (Lipinski definition) is 1. The zero-order valence-electron chi connectivity index (χ0n) is 14.2. The summed E-state index contributed by atoms with van der Waals surface area (Å²) >= 11 is 1.78. The van der Waals surface area contributed by atoms with Gasteiger partial charge in [0.2, 0.25) is 0 Å². The first-order chi connectivity index (χ1) is 10.5. The van der Waals surface area contributed by atoms with Crippen molar-refractivity contribution in [3.63, 3.8) is 0 Å². The third kappa shape index (κ3) is 5.74. The second-order valence-corrected chi connectivity index (χ2v) is 7.26. The molecule has 2 rings (SSSR count). The highest BCUT2D eigenvalue weighted by Gasteiger charge is 2.14. The Morgan fingerprint density at radius 2 is 1.77 bits per heavy atom. The van der Waals surface area contributed by atoms with Crippen molar-refractivity contribution >= 4 is 17.6 Å². The molecule has 0 fully saturated rings. The van der Waals surface area contributed by atoms with Crippen molar-refractivity contribution in [3.8, 4) is 10.4 Å². The normalized spacial score (nSPS) is 11.7. The van der Waals surface area contributed by atoms with Crippen LogP contribution in [0, 0.1) is 12.8 Å². The molecule has 1 heterocycles. The van der Waals surface area contributed by atoms with Crippen LogP contribution in [0.5, 0.6) is 0 Å². The molecular weight excluding hydrogens is 290 g/mol. The highest BCUT2D eigenvalue weighted by atomic mass is 32.1. The van der Waals surface area contributed by atoms with Gasteiger partial charge in [-0.3, -0.25) is 0 Å². The van der Waals surface area contributed by atoms with Gasteiger partial charge in [-0.25, -0.2) is 0 Å². The van der Waals surface area contributed by atoms with Crippen LogP contribution in [-0.4, -0.2) is 13.3 Å². The predicted octanol–water partition coefficient (Wildman–Crippen LogP) is 5.24. The van der Waals surface area contributed by atoms with E-state index in [9.17, 15) is 4.79 Å². The minimum Gasteiger partial charge on any atom is -0.313 e. The Morgan fingerprint density at radius 3 is 2.27 bits per heavy atom. The molecule has 1 aromatic heterocycles. The van der Waals surface area contributed by atoms with E-state index in [4.69, 9.17) is 0 Å². The lowest BCUT2D eigenvalue weighted by Crippen LogP contribution is -2.17. The lowest BCUT2D eigenvalue weighted by Gasteiger charge is -2.17. The first-order valence-corrected chi connectivity index (χ1v) is 8.57. The Kier molecular flexibility index (Phi) is 8.07. The zero-order chi connectivity index (χ0) is 16.5. The van der Waals surface area contributed by atoms with Gasteiger partial charge in [-0.2, -0.15) is 0 Å². The number of carbonyl (C=O) groups excluding carboxylic acids is 1. The van der Waals surface area contributed by atoms with Crippen LogP contribution >= 0.6 is 11.3 Å². The van der Waals surface area contributed by atoms with E-state index in [-0.39, 0.29) is 6.04 Å². The molecule has 0 aliphatic heterocycles. The average Bonchev–Trinajstić information content (AvgIpc) is 2.91. The van der Waals surface area contributed by atoms with Gasteiger partial charge < -0.3 is 10.1 Å². The molecule has 0 aliphatic carbocycles. The fourth-order valence-corrected chi connectivity index (χ4v) is 3.02. The number of benzene rings is 1. The van der Waals surface area contributed by atoms with Gasteiger partial charge in [0.15, 0.2) is 0 Å². The molecule has 0 saturated carbocycles. The lowest BCUT2D eigenvalue weighted by molar-refractivity contribution is -0.108. The summed E-state index contributed by atoms with van der Waals surface area (Å²) in [5, 5.41) is 3.21. The van der Waals surface area contributed by atoms with Crippen molar-refractivity contribution in [2.24, 2.45) is 5.92 Å². The topological polar surface area (TPSA) is 29.1 Å². The second kappa shape index (κ2) is 9.54. The van der Waals surface area contributed by atoms with Gasteiger partial charge in [-0.1, -0.05) is 45.0 Å². The van der Waals surface area contributed by atoms with Crippen LogP contribution in [0.15, 0.2) is 36.4 Å². The van der Waals surface area contributed by atoms with E-state index in [0.717, 1.165) is 12.2 Å². The summed E-state index contributed by atoms with van der Waals surface area (Å²) in [7, 11) is 1.89. The van der Waals surface area contributed by atoms with Gasteiger partial charge in [-0.15, -0.1) is 11.3 Å². The van der Waals surface area contributed by atoms with Gasteiger partial charge >= 0.3 is 0 Å². The maximum atomic E-state index is 10.8. The smallest absolute Gasteiger partial charge is 0.121 e. The third-order valence-electron chi connectivity index (χ3n) is 3.02. The van der Waals surface area contributed by atoms with E-state index in [1.54, 1.807) is 11.3 Å². The quantitative estimate of drug-likeness (QED) is 0.765. The number of nitrogens with one attached hydrogen (secondary N) is 1. The first-order valence-electron chi connectivity index (χ1n) is 7.76. The number of aldehydes is 1. The van der Waals surface area contributed by atoms with Crippen molar-refractivity contribution in [1.82, 2.24) is 5.32 Å². The Hall–Kier alpha value is -1.45. The van der Waals surface area contributed by atoms with Crippen LogP contribution in [0.2, 0.25) is 0 Å². The molecule has 120 valence electrons. The van der Waals surface area contributed by atoms with Crippen LogP contribution in [0.4, 0.5) is 0 Å². The molecule has 2 aromatic rings. The van der Waals surface area contributed by atoms with Crippen LogP contribution in [-0.2, 0) is 4.79 Å². The summed E-state index contributed by atoms with van der Waals surface area (Å²) in [6.07, 6.45) is 1.47. The first kappa shape index (κ1) is 18.6. The summed E-state index contributed by atoms with van der Waals surface area (Å²) in [5.74, 6) is 0.833. The molecule has 0 saturated heterocycles. The van der Waals surface area contributed by atoms with E-state index in [0.29, 0.717) is 6.42 Å². The standard InChI is InChI=1S/C15H17NOS.C4H10/c1-11-7-8-15(18-11)13-6-4-3-5-12(13)14(16-2)9-10-17;1-4(2)3/h3-8,10,14,16H,9H2,1-2H3;4H,1-3H3. The number of carbonyl (C=O) groups is 1. The minimum atomic E-state index is 0.0844. The molecule has 0 bridgehead atoms. The molecule has 0 aliphatic rings. The summed E-state index contributed by atoms with van der Waals surface area (Å²) in [4.78, 5) is 13.3. The number of hydrogen-bond acceptors (Lipinski definition) is 3. The molecule has 0 radical (unpaired) electrons. The molecule has 0 amide bonds. The molecule has 1 atom stereocenters.